The van der Waals surface area contributed by atoms with Crippen LogP contribution in [0.15, 0.2) is 24.3 Å². The van der Waals surface area contributed by atoms with Gasteiger partial charge in [-0.2, -0.15) is 0 Å². The van der Waals surface area contributed by atoms with Crippen LogP contribution in [0.2, 0.25) is 0 Å². The Kier molecular flexibility index (Phi) is 4.77. The molecular weight excluding hydrogens is 226 g/mol. The van der Waals surface area contributed by atoms with Gasteiger partial charge in [0.2, 0.25) is 0 Å². The maximum absolute atomic E-state index is 10.6. The Bertz CT molecular complexity index is 368. The molecule has 3 nitrogen and oxygen atoms in total. The summed E-state index contributed by atoms with van der Waals surface area (Å²) in [5, 5.41) is 7.83. The lowest BCUT2D eigenvalue weighted by atomic mass is 10.1. The Morgan fingerprint density at radius 1 is 1.56 bits per heavy atom. The first-order chi connectivity index (χ1) is 7.49. The maximum atomic E-state index is 10.6. The summed E-state index contributed by atoms with van der Waals surface area (Å²) in [7, 11) is 1.86. The number of hydrogen-bond donors (Lipinski definition) is 1. The molecule has 0 spiro atoms. The smallest absolute Gasteiger partial charge is 0.322 e. The molecule has 0 bridgehead atoms. The fourth-order valence-corrected chi connectivity index (χ4v) is 1.77. The molecule has 0 saturated heterocycles. The van der Waals surface area contributed by atoms with Crippen LogP contribution in [-0.2, 0) is 11.3 Å². The first-order valence-electron chi connectivity index (χ1n) is 5.10. The van der Waals surface area contributed by atoms with E-state index >= 15 is 0 Å². The fraction of sp³-hybridized carbons (Fsp3) is 0.417. The minimum Gasteiger partial charge on any atom is -0.480 e. The molecule has 88 valence electrons. The van der Waals surface area contributed by atoms with Gasteiger partial charge in [-0.3, -0.25) is 4.79 Å². The summed E-state index contributed by atoms with van der Waals surface area (Å²) in [6.45, 7) is 3.08. The molecule has 0 aromatic heterocycles. The number of hydrogen-bond acceptors (Lipinski definition) is 2. The summed E-state index contributed by atoms with van der Waals surface area (Å²) < 4.78 is 0. The maximum Gasteiger partial charge on any atom is 0.322 e. The van der Waals surface area contributed by atoms with Gasteiger partial charge in [0.05, 0.1) is 0 Å². The van der Waals surface area contributed by atoms with E-state index in [1.165, 1.54) is 5.56 Å². The van der Waals surface area contributed by atoms with Gasteiger partial charge < -0.3 is 10.0 Å². The molecule has 1 unspecified atom stereocenters. The number of benzene rings is 1. The van der Waals surface area contributed by atoms with Crippen molar-refractivity contribution < 1.29 is 9.90 Å². The molecule has 0 amide bonds. The highest BCUT2D eigenvalue weighted by atomic mass is 35.5. The molecule has 1 N–H and O–H groups in total. The second-order valence-corrected chi connectivity index (χ2v) is 4.52. The molecule has 0 heterocycles. The van der Waals surface area contributed by atoms with Crippen LogP contribution in [0.4, 0.5) is 0 Å². The zero-order valence-electron chi connectivity index (χ0n) is 9.48. The second-order valence-electron chi connectivity index (χ2n) is 3.99. The number of carboxylic acids is 1. The number of nitrogens with zero attached hydrogens (tertiary/aromatic N) is 1. The Hall–Kier alpha value is -1.06. The minimum absolute atomic E-state index is 0.338. The van der Waals surface area contributed by atoms with Gasteiger partial charge in [0.1, 0.15) is 5.38 Å². The van der Waals surface area contributed by atoms with Gasteiger partial charge in [0, 0.05) is 13.1 Å². The minimum atomic E-state index is -0.974. The van der Waals surface area contributed by atoms with Crippen LogP contribution in [0.5, 0.6) is 0 Å². The second kappa shape index (κ2) is 5.87. The third-order valence-electron chi connectivity index (χ3n) is 2.27. The van der Waals surface area contributed by atoms with Crippen molar-refractivity contribution in [3.63, 3.8) is 0 Å². The first kappa shape index (κ1) is 13.0. The zero-order chi connectivity index (χ0) is 12.1. The lowest BCUT2D eigenvalue weighted by molar-refractivity contribution is -0.136. The predicted octanol–water partition coefficient (Wildman–Crippen LogP) is 2.12. The number of halogens is 1. The molecule has 1 atom stereocenters. The third kappa shape index (κ3) is 4.21. The Morgan fingerprint density at radius 2 is 2.25 bits per heavy atom. The van der Waals surface area contributed by atoms with E-state index in [9.17, 15) is 4.79 Å². The number of alkyl halides is 1. The highest BCUT2D eigenvalue weighted by molar-refractivity contribution is 6.29. The average Bonchev–Trinajstić information content (AvgIpc) is 2.16. The van der Waals surface area contributed by atoms with Gasteiger partial charge in [-0.15, -0.1) is 11.6 Å². The standard InChI is InChI=1S/C12H16ClNO2/c1-9-4-3-5-10(6-9)7-14(2)8-11(13)12(15)16/h3-6,11H,7-8H2,1-2H3,(H,15,16). The van der Waals surface area contributed by atoms with Gasteiger partial charge in [-0.1, -0.05) is 29.8 Å². The number of aryl methyl sites for hydroxylation is 1. The summed E-state index contributed by atoms with van der Waals surface area (Å²) in [5.74, 6) is -0.974. The van der Waals surface area contributed by atoms with Crippen molar-refractivity contribution >= 4 is 17.6 Å². The molecule has 0 fully saturated rings. The van der Waals surface area contributed by atoms with Crippen LogP contribution in [0.25, 0.3) is 0 Å². The highest BCUT2D eigenvalue weighted by Crippen LogP contribution is 2.08. The molecule has 0 saturated carbocycles. The molecule has 0 aliphatic rings. The van der Waals surface area contributed by atoms with E-state index in [0.29, 0.717) is 13.1 Å². The van der Waals surface area contributed by atoms with Gasteiger partial charge in [-0.05, 0) is 19.5 Å². The van der Waals surface area contributed by atoms with Crippen LogP contribution in [0.1, 0.15) is 11.1 Å². The van der Waals surface area contributed by atoms with E-state index in [4.69, 9.17) is 16.7 Å². The Labute approximate surface area is 101 Å². The van der Waals surface area contributed by atoms with Crippen molar-refractivity contribution in [2.75, 3.05) is 13.6 Å². The first-order valence-corrected chi connectivity index (χ1v) is 5.53. The van der Waals surface area contributed by atoms with Crippen molar-refractivity contribution in [2.24, 2.45) is 0 Å². The van der Waals surface area contributed by atoms with Crippen molar-refractivity contribution in [2.45, 2.75) is 18.8 Å². The van der Waals surface area contributed by atoms with Crippen molar-refractivity contribution in [1.29, 1.82) is 0 Å². The van der Waals surface area contributed by atoms with Gasteiger partial charge in [0.15, 0.2) is 0 Å². The average molecular weight is 242 g/mol. The number of carboxylic acid groups (broad SMARTS) is 1. The molecule has 0 aliphatic carbocycles. The summed E-state index contributed by atoms with van der Waals surface area (Å²) in [6, 6.07) is 8.13. The van der Waals surface area contributed by atoms with E-state index < -0.39 is 11.3 Å². The van der Waals surface area contributed by atoms with Crippen molar-refractivity contribution in [3.05, 3.63) is 35.4 Å². The van der Waals surface area contributed by atoms with Crippen molar-refractivity contribution in [1.82, 2.24) is 4.90 Å². The lowest BCUT2D eigenvalue weighted by Crippen LogP contribution is -2.30. The third-order valence-corrected chi connectivity index (χ3v) is 2.60. The lowest BCUT2D eigenvalue weighted by Gasteiger charge is -2.18. The number of aliphatic carboxylic acids is 1. The molecule has 1 rings (SSSR count). The van der Waals surface area contributed by atoms with Crippen molar-refractivity contribution in [3.8, 4) is 0 Å². The largest absolute Gasteiger partial charge is 0.480 e. The van der Waals surface area contributed by atoms with E-state index in [-0.39, 0.29) is 0 Å². The summed E-state index contributed by atoms with van der Waals surface area (Å²) in [4.78, 5) is 12.5. The Balaban J connectivity index is 2.51. The van der Waals surface area contributed by atoms with Gasteiger partial charge >= 0.3 is 5.97 Å². The molecule has 0 aliphatic heterocycles. The summed E-state index contributed by atoms with van der Waals surface area (Å²) in [5.41, 5.74) is 2.36. The van der Waals surface area contributed by atoms with Crippen LogP contribution in [-0.4, -0.2) is 34.9 Å². The Morgan fingerprint density at radius 3 is 2.81 bits per heavy atom. The van der Waals surface area contributed by atoms with Gasteiger partial charge in [-0.25, -0.2) is 0 Å². The van der Waals surface area contributed by atoms with Crippen LogP contribution >= 0.6 is 11.6 Å². The quantitative estimate of drug-likeness (QED) is 0.803. The van der Waals surface area contributed by atoms with E-state index in [1.54, 1.807) is 0 Å². The number of carbonyl (C=O) groups is 1. The molecule has 0 radical (unpaired) electrons. The van der Waals surface area contributed by atoms with Crippen LogP contribution in [0.3, 0.4) is 0 Å². The topological polar surface area (TPSA) is 40.5 Å². The van der Waals surface area contributed by atoms with Crippen LogP contribution < -0.4 is 0 Å². The molecule has 1 aromatic carbocycles. The van der Waals surface area contributed by atoms with E-state index in [0.717, 1.165) is 5.56 Å². The predicted molar refractivity (Wildman–Crippen MR) is 64.8 cm³/mol. The summed E-state index contributed by atoms with van der Waals surface area (Å²) in [6.07, 6.45) is 0. The molecule has 16 heavy (non-hydrogen) atoms. The molecule has 4 heteroatoms. The number of rotatable bonds is 5. The van der Waals surface area contributed by atoms with Gasteiger partial charge in [0.25, 0.3) is 0 Å². The van der Waals surface area contributed by atoms with Crippen LogP contribution in [0, 0.1) is 6.92 Å². The summed E-state index contributed by atoms with van der Waals surface area (Å²) >= 11 is 5.67. The monoisotopic (exact) mass is 241 g/mol. The van der Waals surface area contributed by atoms with E-state index in [1.807, 2.05) is 37.1 Å². The molecule has 1 aromatic rings. The molecular formula is C12H16ClNO2. The fourth-order valence-electron chi connectivity index (χ4n) is 1.54. The normalized spacial score (nSPS) is 12.8. The zero-order valence-corrected chi connectivity index (χ0v) is 10.2. The van der Waals surface area contributed by atoms with E-state index in [2.05, 4.69) is 6.07 Å². The highest BCUT2D eigenvalue weighted by Gasteiger charge is 2.15. The SMILES string of the molecule is Cc1cccc(CN(C)CC(Cl)C(=O)O)c1.